The van der Waals surface area contributed by atoms with E-state index in [-0.39, 0.29) is 11.5 Å². The molecule has 112 valence electrons. The molecular weight excluding hydrogens is 269 g/mol. The number of alkyl halides is 3. The van der Waals surface area contributed by atoms with Crippen LogP contribution in [0, 0.1) is 0 Å². The van der Waals surface area contributed by atoms with Crippen molar-refractivity contribution in [1.82, 2.24) is 10.2 Å². The van der Waals surface area contributed by atoms with Crippen LogP contribution in [0.4, 0.5) is 18.0 Å². The van der Waals surface area contributed by atoms with Gasteiger partial charge in [-0.05, 0) is 13.8 Å². The van der Waals surface area contributed by atoms with Crippen LogP contribution in [0.15, 0.2) is 0 Å². The number of rotatable bonds is 6. The Labute approximate surface area is 108 Å². The molecule has 0 rings (SSSR count). The first-order valence-corrected chi connectivity index (χ1v) is 5.31. The van der Waals surface area contributed by atoms with Crippen molar-refractivity contribution in [2.24, 2.45) is 0 Å². The van der Waals surface area contributed by atoms with Crippen molar-refractivity contribution >= 4 is 12.0 Å². The van der Waals surface area contributed by atoms with Crippen molar-refractivity contribution in [1.29, 1.82) is 0 Å². The van der Waals surface area contributed by atoms with Gasteiger partial charge in [0.05, 0.1) is 12.1 Å². The Morgan fingerprint density at radius 3 is 2.21 bits per heavy atom. The standard InChI is InChI=1S/C10H17F3N2O4/c1-9(2,6-19-3)14-8(18)15(4-7(16)17)5-10(11,12)13/h4-6H2,1-3H3,(H,14,18)(H,16,17). The van der Waals surface area contributed by atoms with Crippen molar-refractivity contribution in [2.75, 3.05) is 26.8 Å². The maximum atomic E-state index is 12.3. The summed E-state index contributed by atoms with van der Waals surface area (Å²) in [6.07, 6.45) is -4.67. The van der Waals surface area contributed by atoms with E-state index in [2.05, 4.69) is 5.32 Å². The number of hydrogen-bond donors (Lipinski definition) is 2. The summed E-state index contributed by atoms with van der Waals surface area (Å²) in [6, 6.07) is -1.11. The summed E-state index contributed by atoms with van der Waals surface area (Å²) in [6.45, 7) is 0.496. The molecule has 0 aromatic rings. The normalized spacial score (nSPS) is 12.1. The SMILES string of the molecule is COCC(C)(C)NC(=O)N(CC(=O)O)CC(F)(F)F. The van der Waals surface area contributed by atoms with Crippen molar-refractivity contribution in [3.63, 3.8) is 0 Å². The number of urea groups is 1. The smallest absolute Gasteiger partial charge is 0.406 e. The highest BCUT2D eigenvalue weighted by atomic mass is 19.4. The van der Waals surface area contributed by atoms with Crippen LogP contribution in [0.1, 0.15) is 13.8 Å². The number of nitrogens with one attached hydrogen (secondary N) is 1. The molecule has 0 radical (unpaired) electrons. The summed E-state index contributed by atoms with van der Waals surface area (Å²) in [4.78, 5) is 22.3. The van der Waals surface area contributed by atoms with E-state index < -0.39 is 36.8 Å². The number of hydrogen-bond acceptors (Lipinski definition) is 3. The molecule has 0 aliphatic heterocycles. The predicted octanol–water partition coefficient (Wildman–Crippen LogP) is 1.07. The molecule has 0 aromatic carbocycles. The fourth-order valence-corrected chi connectivity index (χ4v) is 1.34. The molecular formula is C10H17F3N2O4. The van der Waals surface area contributed by atoms with E-state index in [1.54, 1.807) is 13.8 Å². The van der Waals surface area contributed by atoms with Gasteiger partial charge in [-0.15, -0.1) is 0 Å². The van der Waals surface area contributed by atoms with Crippen molar-refractivity contribution in [2.45, 2.75) is 25.6 Å². The van der Waals surface area contributed by atoms with E-state index >= 15 is 0 Å². The van der Waals surface area contributed by atoms with Crippen LogP contribution in [0.3, 0.4) is 0 Å². The van der Waals surface area contributed by atoms with E-state index in [4.69, 9.17) is 9.84 Å². The van der Waals surface area contributed by atoms with Gasteiger partial charge in [0.1, 0.15) is 13.1 Å². The molecule has 6 nitrogen and oxygen atoms in total. The molecule has 19 heavy (non-hydrogen) atoms. The van der Waals surface area contributed by atoms with Gasteiger partial charge < -0.3 is 20.1 Å². The van der Waals surface area contributed by atoms with E-state index in [1.165, 1.54) is 7.11 Å². The molecule has 0 aromatic heterocycles. The molecule has 0 bridgehead atoms. The quantitative estimate of drug-likeness (QED) is 0.765. The summed E-state index contributed by atoms with van der Waals surface area (Å²) in [5.41, 5.74) is -0.909. The van der Waals surface area contributed by atoms with Gasteiger partial charge in [0.15, 0.2) is 0 Å². The Morgan fingerprint density at radius 1 is 1.32 bits per heavy atom. The summed E-state index contributed by atoms with van der Waals surface area (Å²) < 4.78 is 41.6. The monoisotopic (exact) mass is 286 g/mol. The van der Waals surface area contributed by atoms with Crippen LogP contribution in [0.25, 0.3) is 0 Å². The lowest BCUT2D eigenvalue weighted by Crippen LogP contribution is -2.54. The highest BCUT2D eigenvalue weighted by Crippen LogP contribution is 2.17. The Bertz CT molecular complexity index is 331. The number of carbonyl (C=O) groups excluding carboxylic acids is 1. The zero-order valence-corrected chi connectivity index (χ0v) is 10.9. The number of ether oxygens (including phenoxy) is 1. The molecule has 0 unspecified atom stereocenters. The third-order valence-corrected chi connectivity index (χ3v) is 1.93. The molecule has 2 amide bonds. The number of carbonyl (C=O) groups is 2. The average molecular weight is 286 g/mol. The zero-order valence-electron chi connectivity index (χ0n) is 10.9. The second-order valence-corrected chi connectivity index (χ2v) is 4.61. The zero-order chi connectivity index (χ0) is 15.3. The number of methoxy groups -OCH3 is 1. The lowest BCUT2D eigenvalue weighted by atomic mass is 10.1. The Balaban J connectivity index is 4.76. The number of halogens is 3. The molecule has 0 heterocycles. The average Bonchev–Trinajstić information content (AvgIpc) is 2.12. The maximum absolute atomic E-state index is 12.3. The molecule has 0 spiro atoms. The van der Waals surface area contributed by atoms with E-state index in [1.807, 2.05) is 0 Å². The molecule has 0 saturated carbocycles. The van der Waals surface area contributed by atoms with Crippen LogP contribution >= 0.6 is 0 Å². The van der Waals surface area contributed by atoms with Crippen molar-refractivity contribution in [3.8, 4) is 0 Å². The van der Waals surface area contributed by atoms with E-state index in [0.717, 1.165) is 0 Å². The summed E-state index contributed by atoms with van der Waals surface area (Å²) >= 11 is 0. The lowest BCUT2D eigenvalue weighted by molar-refractivity contribution is -0.149. The molecule has 9 heteroatoms. The Morgan fingerprint density at radius 2 is 1.84 bits per heavy atom. The first-order valence-electron chi connectivity index (χ1n) is 5.31. The highest BCUT2D eigenvalue weighted by molar-refractivity contribution is 5.80. The van der Waals surface area contributed by atoms with Gasteiger partial charge in [0, 0.05) is 7.11 Å². The van der Waals surface area contributed by atoms with Gasteiger partial charge in [-0.1, -0.05) is 0 Å². The van der Waals surface area contributed by atoms with Crippen LogP contribution in [-0.4, -0.2) is 60.5 Å². The topological polar surface area (TPSA) is 78.9 Å². The molecule has 0 atom stereocenters. The highest BCUT2D eigenvalue weighted by Gasteiger charge is 2.35. The predicted molar refractivity (Wildman–Crippen MR) is 59.8 cm³/mol. The minimum atomic E-state index is -4.67. The second kappa shape index (κ2) is 6.60. The van der Waals surface area contributed by atoms with Crippen molar-refractivity contribution < 1.29 is 32.6 Å². The first kappa shape index (κ1) is 17.5. The second-order valence-electron chi connectivity index (χ2n) is 4.61. The van der Waals surface area contributed by atoms with Crippen LogP contribution in [0.2, 0.25) is 0 Å². The maximum Gasteiger partial charge on any atom is 0.406 e. The Hall–Kier alpha value is -1.51. The number of amides is 2. The van der Waals surface area contributed by atoms with Gasteiger partial charge in [-0.3, -0.25) is 4.79 Å². The fraction of sp³-hybridized carbons (Fsp3) is 0.800. The number of carboxylic acids is 1. The van der Waals surface area contributed by atoms with Gasteiger partial charge in [0.2, 0.25) is 0 Å². The molecule has 0 aliphatic rings. The summed E-state index contributed by atoms with van der Waals surface area (Å²) in [7, 11) is 1.37. The minimum absolute atomic E-state index is 0.0751. The molecule has 2 N–H and O–H groups in total. The van der Waals surface area contributed by atoms with Gasteiger partial charge in [-0.2, -0.15) is 13.2 Å². The first-order chi connectivity index (χ1) is 8.47. The van der Waals surface area contributed by atoms with Gasteiger partial charge in [0.25, 0.3) is 0 Å². The fourth-order valence-electron chi connectivity index (χ4n) is 1.34. The third-order valence-electron chi connectivity index (χ3n) is 1.93. The largest absolute Gasteiger partial charge is 0.480 e. The minimum Gasteiger partial charge on any atom is -0.480 e. The molecule has 0 saturated heterocycles. The number of carboxylic acid groups (broad SMARTS) is 1. The molecule has 0 aliphatic carbocycles. The van der Waals surface area contributed by atoms with E-state index in [9.17, 15) is 22.8 Å². The van der Waals surface area contributed by atoms with Crippen molar-refractivity contribution in [3.05, 3.63) is 0 Å². The van der Waals surface area contributed by atoms with Crippen LogP contribution < -0.4 is 5.32 Å². The molecule has 0 fully saturated rings. The number of nitrogens with zero attached hydrogens (tertiary/aromatic N) is 1. The lowest BCUT2D eigenvalue weighted by Gasteiger charge is -2.30. The van der Waals surface area contributed by atoms with E-state index in [0.29, 0.717) is 0 Å². The number of aliphatic carboxylic acids is 1. The van der Waals surface area contributed by atoms with Gasteiger partial charge >= 0.3 is 18.2 Å². The summed E-state index contributed by atoms with van der Waals surface area (Å²) in [5, 5.41) is 10.8. The van der Waals surface area contributed by atoms with Crippen LogP contribution in [0.5, 0.6) is 0 Å². The van der Waals surface area contributed by atoms with Crippen LogP contribution in [-0.2, 0) is 9.53 Å². The third kappa shape index (κ3) is 8.25. The summed E-state index contributed by atoms with van der Waals surface area (Å²) in [5.74, 6) is -1.52. The van der Waals surface area contributed by atoms with Gasteiger partial charge in [-0.25, -0.2) is 4.79 Å². The Kier molecular flexibility index (Phi) is 6.07.